The molecule has 2 aromatic carbocycles. The summed E-state index contributed by atoms with van der Waals surface area (Å²) in [6.45, 7) is 3.47. The summed E-state index contributed by atoms with van der Waals surface area (Å²) in [5.41, 5.74) is 7.68. The van der Waals surface area contributed by atoms with Gasteiger partial charge in [-0.15, -0.1) is 11.3 Å². The van der Waals surface area contributed by atoms with Crippen molar-refractivity contribution in [2.75, 3.05) is 11.9 Å². The fourth-order valence-corrected chi connectivity index (χ4v) is 5.53. The fraction of sp³-hybridized carbons (Fsp3) is 0.154. The molecule has 0 atom stereocenters. The lowest BCUT2D eigenvalue weighted by Crippen LogP contribution is -2.35. The highest BCUT2D eigenvalue weighted by Gasteiger charge is 2.23. The Morgan fingerprint density at radius 3 is 2.88 bits per heavy atom. The molecule has 5 nitrogen and oxygen atoms in total. The summed E-state index contributed by atoms with van der Waals surface area (Å²) in [6, 6.07) is 20.7. The average Bonchev–Trinajstić information content (AvgIpc) is 3.41. The van der Waals surface area contributed by atoms with Crippen molar-refractivity contribution in [1.82, 2.24) is 14.9 Å². The van der Waals surface area contributed by atoms with Crippen molar-refractivity contribution in [2.24, 2.45) is 0 Å². The zero-order valence-corrected chi connectivity index (χ0v) is 18.5. The number of nitrogens with zero attached hydrogens (tertiary/aromatic N) is 2. The maximum atomic E-state index is 13.3. The number of amides is 1. The van der Waals surface area contributed by atoms with Crippen LogP contribution in [0.3, 0.4) is 0 Å². The second-order valence-corrected chi connectivity index (χ2v) is 9.36. The predicted molar refractivity (Wildman–Crippen MR) is 131 cm³/mol. The SMILES string of the molecule is Cc1cc2cc(Nc3ccnc4cc(C(=O)N5CCc6ccccc6C5)sc34)ccc2[nH]1. The summed E-state index contributed by atoms with van der Waals surface area (Å²) in [5, 5.41) is 4.70. The Morgan fingerprint density at radius 2 is 1.97 bits per heavy atom. The van der Waals surface area contributed by atoms with E-state index < -0.39 is 0 Å². The van der Waals surface area contributed by atoms with E-state index in [9.17, 15) is 4.79 Å². The average molecular weight is 439 g/mol. The third-order valence-corrected chi connectivity index (χ3v) is 7.22. The molecule has 0 saturated heterocycles. The number of aromatic amines is 1. The molecule has 5 aromatic rings. The molecule has 0 radical (unpaired) electrons. The van der Waals surface area contributed by atoms with E-state index in [4.69, 9.17) is 0 Å². The molecule has 1 aliphatic heterocycles. The minimum Gasteiger partial charge on any atom is -0.359 e. The van der Waals surface area contributed by atoms with E-state index in [1.54, 1.807) is 6.20 Å². The van der Waals surface area contributed by atoms with E-state index in [2.05, 4.69) is 64.7 Å². The monoisotopic (exact) mass is 438 g/mol. The van der Waals surface area contributed by atoms with Gasteiger partial charge in [-0.25, -0.2) is 0 Å². The van der Waals surface area contributed by atoms with Gasteiger partial charge in [0, 0.05) is 41.6 Å². The van der Waals surface area contributed by atoms with Crippen molar-refractivity contribution in [3.63, 3.8) is 0 Å². The minimum absolute atomic E-state index is 0.0812. The molecule has 6 heteroatoms. The molecule has 32 heavy (non-hydrogen) atoms. The molecule has 0 fully saturated rings. The van der Waals surface area contributed by atoms with Crippen molar-refractivity contribution in [1.29, 1.82) is 0 Å². The molecular formula is C26H22N4OS. The van der Waals surface area contributed by atoms with Gasteiger partial charge in [0.25, 0.3) is 5.91 Å². The summed E-state index contributed by atoms with van der Waals surface area (Å²) in [6.07, 6.45) is 2.70. The van der Waals surface area contributed by atoms with Gasteiger partial charge >= 0.3 is 0 Å². The molecule has 1 aliphatic rings. The van der Waals surface area contributed by atoms with Crippen LogP contribution in [0.5, 0.6) is 0 Å². The lowest BCUT2D eigenvalue weighted by molar-refractivity contribution is 0.0739. The zero-order chi connectivity index (χ0) is 21.7. The molecule has 2 N–H and O–H groups in total. The van der Waals surface area contributed by atoms with Crippen LogP contribution < -0.4 is 5.32 Å². The number of pyridine rings is 1. The van der Waals surface area contributed by atoms with E-state index in [0.29, 0.717) is 6.54 Å². The first-order chi connectivity index (χ1) is 15.6. The first kappa shape index (κ1) is 19.1. The fourth-order valence-electron chi connectivity index (χ4n) is 4.48. The molecule has 1 amide bonds. The molecule has 0 unspecified atom stereocenters. The van der Waals surface area contributed by atoms with Gasteiger partial charge in [-0.3, -0.25) is 9.78 Å². The van der Waals surface area contributed by atoms with Crippen LogP contribution in [-0.4, -0.2) is 27.3 Å². The van der Waals surface area contributed by atoms with Crippen molar-refractivity contribution in [2.45, 2.75) is 19.9 Å². The molecule has 0 aliphatic carbocycles. The zero-order valence-electron chi connectivity index (χ0n) is 17.7. The third-order valence-electron chi connectivity index (χ3n) is 6.07. The summed E-state index contributed by atoms with van der Waals surface area (Å²) in [4.78, 5) is 23.8. The topological polar surface area (TPSA) is 61.0 Å². The van der Waals surface area contributed by atoms with Crippen molar-refractivity contribution in [3.05, 3.63) is 88.6 Å². The van der Waals surface area contributed by atoms with Crippen LogP contribution in [0.15, 0.2) is 66.9 Å². The van der Waals surface area contributed by atoms with Crippen LogP contribution in [0, 0.1) is 6.92 Å². The second kappa shape index (κ2) is 7.50. The van der Waals surface area contributed by atoms with Crippen LogP contribution in [-0.2, 0) is 13.0 Å². The number of hydrogen-bond donors (Lipinski definition) is 2. The number of rotatable bonds is 3. The number of nitrogens with one attached hydrogen (secondary N) is 2. The van der Waals surface area contributed by atoms with Crippen LogP contribution in [0.2, 0.25) is 0 Å². The number of aryl methyl sites for hydroxylation is 1. The predicted octanol–water partition coefficient (Wildman–Crippen LogP) is 6.03. The van der Waals surface area contributed by atoms with E-state index in [-0.39, 0.29) is 5.91 Å². The third kappa shape index (κ3) is 3.33. The highest BCUT2D eigenvalue weighted by Crippen LogP contribution is 2.34. The van der Waals surface area contributed by atoms with Crippen molar-refractivity contribution >= 4 is 49.7 Å². The lowest BCUT2D eigenvalue weighted by atomic mass is 10.00. The number of anilines is 2. The van der Waals surface area contributed by atoms with Crippen LogP contribution >= 0.6 is 11.3 Å². The first-order valence-corrected chi connectivity index (χ1v) is 11.6. The number of aromatic nitrogens is 2. The van der Waals surface area contributed by atoms with E-state index >= 15 is 0 Å². The molecule has 0 saturated carbocycles. The number of H-pyrrole nitrogens is 1. The number of carbonyl (C=O) groups excluding carboxylic acids is 1. The Morgan fingerprint density at radius 1 is 1.09 bits per heavy atom. The minimum atomic E-state index is 0.0812. The van der Waals surface area contributed by atoms with E-state index in [1.165, 1.54) is 27.8 Å². The molecule has 158 valence electrons. The van der Waals surface area contributed by atoms with Crippen LogP contribution in [0.4, 0.5) is 11.4 Å². The van der Waals surface area contributed by atoms with Gasteiger partial charge in [0.1, 0.15) is 0 Å². The second-order valence-electron chi connectivity index (χ2n) is 8.31. The standard InChI is InChI=1S/C26H22N4OS/c1-16-12-19-13-20(6-7-21(19)28-16)29-22-8-10-27-23-14-24(32-25(22)23)26(31)30-11-9-17-4-2-3-5-18(17)15-30/h2-8,10,12-14,28H,9,11,15H2,1H3,(H,27,29). The number of fused-ring (bicyclic) bond motifs is 3. The van der Waals surface area contributed by atoms with Gasteiger partial charge in [0.05, 0.1) is 20.8 Å². The van der Waals surface area contributed by atoms with Crippen LogP contribution in [0.1, 0.15) is 26.5 Å². The number of benzene rings is 2. The van der Waals surface area contributed by atoms with Crippen molar-refractivity contribution in [3.8, 4) is 0 Å². The molecule has 0 bridgehead atoms. The first-order valence-electron chi connectivity index (χ1n) is 10.7. The summed E-state index contributed by atoms with van der Waals surface area (Å²) >= 11 is 1.51. The summed E-state index contributed by atoms with van der Waals surface area (Å²) < 4.78 is 0.999. The Hall–Kier alpha value is -3.64. The molecule has 4 heterocycles. The highest BCUT2D eigenvalue weighted by molar-refractivity contribution is 7.21. The van der Waals surface area contributed by atoms with Gasteiger partial charge < -0.3 is 15.2 Å². The number of hydrogen-bond acceptors (Lipinski definition) is 4. The number of carbonyl (C=O) groups is 1. The van der Waals surface area contributed by atoms with E-state index in [0.717, 1.165) is 50.6 Å². The van der Waals surface area contributed by atoms with Crippen LogP contribution in [0.25, 0.3) is 21.1 Å². The normalized spacial score (nSPS) is 13.5. The summed E-state index contributed by atoms with van der Waals surface area (Å²) in [7, 11) is 0. The Labute approximate surface area is 189 Å². The van der Waals surface area contributed by atoms with Gasteiger partial charge in [0.15, 0.2) is 0 Å². The maximum Gasteiger partial charge on any atom is 0.264 e. The van der Waals surface area contributed by atoms with Gasteiger partial charge in [-0.1, -0.05) is 24.3 Å². The lowest BCUT2D eigenvalue weighted by Gasteiger charge is -2.28. The Kier molecular flexibility index (Phi) is 4.47. The Bertz CT molecular complexity index is 1480. The Balaban J connectivity index is 1.30. The molecule has 0 spiro atoms. The molecule has 6 rings (SSSR count). The van der Waals surface area contributed by atoms with E-state index in [1.807, 2.05) is 23.1 Å². The largest absolute Gasteiger partial charge is 0.359 e. The van der Waals surface area contributed by atoms with Gasteiger partial charge in [-0.05, 0) is 60.9 Å². The number of thiophene rings is 1. The van der Waals surface area contributed by atoms with Gasteiger partial charge in [0.2, 0.25) is 0 Å². The maximum absolute atomic E-state index is 13.3. The highest BCUT2D eigenvalue weighted by atomic mass is 32.1. The summed E-state index contributed by atoms with van der Waals surface area (Å²) in [5.74, 6) is 0.0812. The van der Waals surface area contributed by atoms with Gasteiger partial charge in [-0.2, -0.15) is 0 Å². The molecule has 3 aromatic heterocycles. The molecular weight excluding hydrogens is 416 g/mol. The van der Waals surface area contributed by atoms with Crippen molar-refractivity contribution < 1.29 is 4.79 Å². The smallest absolute Gasteiger partial charge is 0.264 e. The quantitative estimate of drug-likeness (QED) is 0.362.